The predicted molar refractivity (Wildman–Crippen MR) is 64.4 cm³/mol. The molecule has 3 heteroatoms. The molecule has 3 nitrogen and oxygen atoms in total. The van der Waals surface area contributed by atoms with Crippen molar-refractivity contribution in [2.45, 2.75) is 32.7 Å². The van der Waals surface area contributed by atoms with Crippen LogP contribution in [0.5, 0.6) is 0 Å². The van der Waals surface area contributed by atoms with Crippen molar-refractivity contribution in [1.29, 1.82) is 0 Å². The molecule has 0 heterocycles. The van der Waals surface area contributed by atoms with Crippen molar-refractivity contribution in [2.75, 3.05) is 6.61 Å². The zero-order chi connectivity index (χ0) is 12.0. The summed E-state index contributed by atoms with van der Waals surface area (Å²) < 4.78 is 4.94. The Hall–Kier alpha value is -1.35. The van der Waals surface area contributed by atoms with E-state index in [0.717, 1.165) is 18.4 Å². The third-order valence-corrected chi connectivity index (χ3v) is 2.33. The summed E-state index contributed by atoms with van der Waals surface area (Å²) in [4.78, 5) is 11.5. The second-order valence-electron chi connectivity index (χ2n) is 3.94. The van der Waals surface area contributed by atoms with Crippen LogP contribution in [0.15, 0.2) is 24.3 Å². The van der Waals surface area contributed by atoms with Gasteiger partial charge in [-0.2, -0.15) is 0 Å². The first kappa shape index (κ1) is 12.7. The smallest absolute Gasteiger partial charge is 0.338 e. The molecule has 0 saturated heterocycles. The van der Waals surface area contributed by atoms with Gasteiger partial charge in [0.05, 0.1) is 12.2 Å². The van der Waals surface area contributed by atoms with Gasteiger partial charge in [0, 0.05) is 6.04 Å². The summed E-state index contributed by atoms with van der Waals surface area (Å²) in [7, 11) is 0. The summed E-state index contributed by atoms with van der Waals surface area (Å²) in [5.41, 5.74) is 7.44. The number of hydrogen-bond donors (Lipinski definition) is 1. The fraction of sp³-hybridized carbons (Fsp3) is 0.462. The van der Waals surface area contributed by atoms with Crippen molar-refractivity contribution in [2.24, 2.45) is 5.73 Å². The number of hydrogen-bond acceptors (Lipinski definition) is 3. The molecule has 1 aromatic rings. The first-order chi connectivity index (χ1) is 7.63. The van der Waals surface area contributed by atoms with Crippen LogP contribution in [0.1, 0.15) is 36.2 Å². The number of ether oxygens (including phenoxy) is 1. The van der Waals surface area contributed by atoms with Gasteiger partial charge in [-0.1, -0.05) is 12.1 Å². The van der Waals surface area contributed by atoms with E-state index in [2.05, 4.69) is 0 Å². The fourth-order valence-corrected chi connectivity index (χ4v) is 1.46. The molecule has 0 aliphatic heterocycles. The fourth-order valence-electron chi connectivity index (χ4n) is 1.46. The molecule has 88 valence electrons. The second-order valence-corrected chi connectivity index (χ2v) is 3.94. The molecule has 1 atom stereocenters. The minimum atomic E-state index is -0.259. The molecule has 0 radical (unpaired) electrons. The Bertz CT molecular complexity index is 348. The molecule has 0 spiro atoms. The Morgan fingerprint density at radius 3 is 2.88 bits per heavy atom. The van der Waals surface area contributed by atoms with Gasteiger partial charge in [-0.25, -0.2) is 4.79 Å². The second kappa shape index (κ2) is 6.28. The van der Waals surface area contributed by atoms with Crippen molar-refractivity contribution in [3.63, 3.8) is 0 Å². The van der Waals surface area contributed by atoms with E-state index in [0.29, 0.717) is 12.2 Å². The van der Waals surface area contributed by atoms with Gasteiger partial charge in [-0.05, 0) is 44.4 Å². The molecule has 0 aliphatic carbocycles. The average molecular weight is 221 g/mol. The quantitative estimate of drug-likeness (QED) is 0.775. The summed E-state index contributed by atoms with van der Waals surface area (Å²) in [6, 6.07) is 7.72. The highest BCUT2D eigenvalue weighted by Crippen LogP contribution is 2.09. The van der Waals surface area contributed by atoms with Gasteiger partial charge in [0.25, 0.3) is 0 Å². The third-order valence-electron chi connectivity index (χ3n) is 2.33. The molecular weight excluding hydrogens is 202 g/mol. The van der Waals surface area contributed by atoms with Crippen LogP contribution < -0.4 is 5.73 Å². The molecule has 0 amide bonds. The Morgan fingerprint density at radius 2 is 2.25 bits per heavy atom. The molecule has 0 unspecified atom stereocenters. The van der Waals surface area contributed by atoms with E-state index in [1.807, 2.05) is 25.1 Å². The van der Waals surface area contributed by atoms with Gasteiger partial charge in [-0.3, -0.25) is 0 Å². The van der Waals surface area contributed by atoms with Crippen LogP contribution in [0.2, 0.25) is 0 Å². The topological polar surface area (TPSA) is 52.3 Å². The largest absolute Gasteiger partial charge is 0.462 e. The Labute approximate surface area is 96.6 Å². The molecule has 0 aliphatic rings. The predicted octanol–water partition coefficient (Wildman–Crippen LogP) is 2.14. The highest BCUT2D eigenvalue weighted by molar-refractivity contribution is 5.89. The number of esters is 1. The van der Waals surface area contributed by atoms with Gasteiger partial charge in [-0.15, -0.1) is 0 Å². The Morgan fingerprint density at radius 1 is 1.50 bits per heavy atom. The van der Waals surface area contributed by atoms with Crippen LogP contribution >= 0.6 is 0 Å². The lowest BCUT2D eigenvalue weighted by Crippen LogP contribution is -2.15. The highest BCUT2D eigenvalue weighted by atomic mass is 16.5. The van der Waals surface area contributed by atoms with E-state index in [1.165, 1.54) is 0 Å². The minimum Gasteiger partial charge on any atom is -0.462 e. The highest BCUT2D eigenvalue weighted by Gasteiger charge is 2.06. The van der Waals surface area contributed by atoms with Crippen LogP contribution in [0, 0.1) is 0 Å². The maximum atomic E-state index is 11.5. The van der Waals surface area contributed by atoms with E-state index >= 15 is 0 Å². The molecule has 2 N–H and O–H groups in total. The lowest BCUT2D eigenvalue weighted by atomic mass is 10.0. The van der Waals surface area contributed by atoms with Crippen LogP contribution in [-0.2, 0) is 11.2 Å². The molecule has 0 fully saturated rings. The van der Waals surface area contributed by atoms with Gasteiger partial charge >= 0.3 is 5.97 Å². The van der Waals surface area contributed by atoms with Crippen molar-refractivity contribution in [3.05, 3.63) is 35.4 Å². The minimum absolute atomic E-state index is 0.186. The summed E-state index contributed by atoms with van der Waals surface area (Å²) in [6.07, 6.45) is 1.82. The average Bonchev–Trinajstić information content (AvgIpc) is 2.27. The Kier molecular flexibility index (Phi) is 4.99. The molecule has 1 rings (SSSR count). The molecular formula is C13H19NO2. The number of nitrogens with two attached hydrogens (primary N) is 1. The van der Waals surface area contributed by atoms with Crippen molar-refractivity contribution in [1.82, 2.24) is 0 Å². The zero-order valence-electron chi connectivity index (χ0n) is 9.90. The van der Waals surface area contributed by atoms with Crippen LogP contribution in [0.25, 0.3) is 0 Å². The van der Waals surface area contributed by atoms with E-state index in [-0.39, 0.29) is 12.0 Å². The number of carbonyl (C=O) groups is 1. The summed E-state index contributed by atoms with van der Waals surface area (Å²) in [5, 5.41) is 0. The van der Waals surface area contributed by atoms with Crippen LogP contribution in [-0.4, -0.2) is 18.6 Å². The van der Waals surface area contributed by atoms with E-state index in [4.69, 9.17) is 10.5 Å². The van der Waals surface area contributed by atoms with E-state index in [9.17, 15) is 4.79 Å². The first-order valence-electron chi connectivity index (χ1n) is 5.65. The van der Waals surface area contributed by atoms with Crippen molar-refractivity contribution in [3.8, 4) is 0 Å². The molecule has 0 bridgehead atoms. The lowest BCUT2D eigenvalue weighted by Gasteiger charge is -2.06. The van der Waals surface area contributed by atoms with Gasteiger partial charge in [0.2, 0.25) is 0 Å². The number of aryl methyl sites for hydroxylation is 1. The molecule has 1 aromatic carbocycles. The van der Waals surface area contributed by atoms with Crippen molar-refractivity contribution < 1.29 is 9.53 Å². The molecule has 16 heavy (non-hydrogen) atoms. The van der Waals surface area contributed by atoms with Gasteiger partial charge in [0.15, 0.2) is 0 Å². The van der Waals surface area contributed by atoms with Crippen molar-refractivity contribution >= 4 is 5.97 Å². The maximum absolute atomic E-state index is 11.5. The first-order valence-corrected chi connectivity index (χ1v) is 5.65. The zero-order valence-corrected chi connectivity index (χ0v) is 9.90. The third kappa shape index (κ3) is 4.03. The standard InChI is InChI=1S/C13H19NO2/c1-3-16-13(15)12-6-4-5-11(9-12)8-7-10(2)14/h4-6,9-10H,3,7-8,14H2,1-2H3/t10-/m1/s1. The molecule has 0 aromatic heterocycles. The van der Waals surface area contributed by atoms with Gasteiger partial charge < -0.3 is 10.5 Å². The molecule has 0 saturated carbocycles. The van der Waals surface area contributed by atoms with E-state index in [1.54, 1.807) is 13.0 Å². The number of rotatable bonds is 5. The monoisotopic (exact) mass is 221 g/mol. The van der Waals surface area contributed by atoms with E-state index < -0.39 is 0 Å². The summed E-state index contributed by atoms with van der Waals surface area (Å²) in [5.74, 6) is -0.259. The summed E-state index contributed by atoms with van der Waals surface area (Å²) in [6.45, 7) is 4.19. The maximum Gasteiger partial charge on any atom is 0.338 e. The SMILES string of the molecule is CCOC(=O)c1cccc(CC[C@@H](C)N)c1. The Balaban J connectivity index is 2.67. The summed E-state index contributed by atoms with van der Waals surface area (Å²) >= 11 is 0. The van der Waals surface area contributed by atoms with Crippen LogP contribution in [0.3, 0.4) is 0 Å². The van der Waals surface area contributed by atoms with Crippen LogP contribution in [0.4, 0.5) is 0 Å². The normalized spacial score (nSPS) is 12.2. The van der Waals surface area contributed by atoms with Gasteiger partial charge in [0.1, 0.15) is 0 Å². The number of benzene rings is 1. The number of carbonyl (C=O) groups excluding carboxylic acids is 1. The lowest BCUT2D eigenvalue weighted by molar-refractivity contribution is 0.0526.